The molecule has 3 rings (SSSR count). The normalized spacial score (nSPS) is 14.8. The Kier molecular flexibility index (Phi) is 10.2. The first-order valence-corrected chi connectivity index (χ1v) is 15.9. The molecule has 1 aliphatic heterocycles. The molecule has 1 N–H and O–H groups in total. The number of carbonyl (C=O) groups excluding carboxylic acids is 1. The zero-order chi connectivity index (χ0) is 27.1. The van der Waals surface area contributed by atoms with E-state index < -0.39 is 20.0 Å². The van der Waals surface area contributed by atoms with E-state index in [1.165, 1.54) is 20.7 Å². The fourth-order valence-electron chi connectivity index (χ4n) is 4.12. The Morgan fingerprint density at radius 3 is 2.38 bits per heavy atom. The number of benzene rings is 2. The summed E-state index contributed by atoms with van der Waals surface area (Å²) < 4.78 is 58.5. The summed E-state index contributed by atoms with van der Waals surface area (Å²) in [5.74, 6) is 0.287. The van der Waals surface area contributed by atoms with Crippen molar-refractivity contribution in [1.82, 2.24) is 9.62 Å². The van der Waals surface area contributed by atoms with E-state index in [0.29, 0.717) is 41.5 Å². The molecule has 37 heavy (non-hydrogen) atoms. The highest BCUT2D eigenvalue weighted by Crippen LogP contribution is 2.28. The predicted octanol–water partition coefficient (Wildman–Crippen LogP) is 3.56. The standard InChI is InChI=1S/C25H34ClN3O6S2/c1-20-23(26)8-6-9-24(20)29(36(2,31)32)18-7-10-25(30)27-15-19-35-21-11-13-22(14-12-21)37(33,34)28-16-4-3-5-17-28/h6,8-9,11-14H,3-5,7,10,15-19H2,1-2H3,(H,27,30). The van der Waals surface area contributed by atoms with Gasteiger partial charge in [-0.2, -0.15) is 4.31 Å². The maximum atomic E-state index is 12.7. The van der Waals surface area contributed by atoms with Gasteiger partial charge in [0.15, 0.2) is 0 Å². The number of amides is 1. The molecule has 1 saturated heterocycles. The van der Waals surface area contributed by atoms with E-state index in [1.807, 2.05) is 0 Å². The maximum Gasteiger partial charge on any atom is 0.243 e. The van der Waals surface area contributed by atoms with Crippen molar-refractivity contribution < 1.29 is 26.4 Å². The van der Waals surface area contributed by atoms with Crippen LogP contribution in [0.3, 0.4) is 0 Å². The fraction of sp³-hybridized carbons (Fsp3) is 0.480. The molecule has 1 aliphatic rings. The minimum absolute atomic E-state index is 0.148. The Morgan fingerprint density at radius 2 is 1.73 bits per heavy atom. The molecule has 1 fully saturated rings. The van der Waals surface area contributed by atoms with Crippen molar-refractivity contribution in [3.05, 3.63) is 53.1 Å². The number of carbonyl (C=O) groups is 1. The van der Waals surface area contributed by atoms with Crippen LogP contribution in [0.1, 0.15) is 37.7 Å². The molecular weight excluding hydrogens is 538 g/mol. The van der Waals surface area contributed by atoms with Gasteiger partial charge in [0, 0.05) is 31.1 Å². The lowest BCUT2D eigenvalue weighted by Gasteiger charge is -2.25. The molecule has 0 aromatic heterocycles. The number of hydrogen-bond acceptors (Lipinski definition) is 6. The lowest BCUT2D eigenvalue weighted by molar-refractivity contribution is -0.121. The number of nitrogens with zero attached hydrogens (tertiary/aromatic N) is 2. The summed E-state index contributed by atoms with van der Waals surface area (Å²) in [7, 11) is -7.03. The predicted molar refractivity (Wildman–Crippen MR) is 145 cm³/mol. The second kappa shape index (κ2) is 12.9. The van der Waals surface area contributed by atoms with E-state index in [9.17, 15) is 21.6 Å². The molecule has 2 aromatic rings. The van der Waals surface area contributed by atoms with Gasteiger partial charge in [0.1, 0.15) is 12.4 Å². The van der Waals surface area contributed by atoms with Crippen LogP contribution in [0.4, 0.5) is 5.69 Å². The van der Waals surface area contributed by atoms with Crippen molar-refractivity contribution in [2.45, 2.75) is 43.9 Å². The Hall–Kier alpha value is -2.34. The number of sulfonamides is 2. The van der Waals surface area contributed by atoms with E-state index in [0.717, 1.165) is 25.5 Å². The smallest absolute Gasteiger partial charge is 0.243 e. The first-order chi connectivity index (χ1) is 17.5. The molecule has 12 heteroatoms. The first kappa shape index (κ1) is 29.2. The number of halogens is 1. The number of ether oxygens (including phenoxy) is 1. The molecule has 0 spiro atoms. The molecule has 2 aromatic carbocycles. The van der Waals surface area contributed by atoms with Crippen LogP contribution in [-0.2, 0) is 24.8 Å². The van der Waals surface area contributed by atoms with Crippen molar-refractivity contribution in [2.24, 2.45) is 0 Å². The van der Waals surface area contributed by atoms with Crippen LogP contribution < -0.4 is 14.4 Å². The van der Waals surface area contributed by atoms with Crippen LogP contribution in [0, 0.1) is 6.92 Å². The van der Waals surface area contributed by atoms with Gasteiger partial charge < -0.3 is 10.1 Å². The average molecular weight is 572 g/mol. The summed E-state index contributed by atoms with van der Waals surface area (Å²) in [4.78, 5) is 12.5. The van der Waals surface area contributed by atoms with Crippen LogP contribution in [0.15, 0.2) is 47.4 Å². The summed E-state index contributed by atoms with van der Waals surface area (Å²) in [6.45, 7) is 3.47. The van der Waals surface area contributed by atoms with Gasteiger partial charge in [0.2, 0.25) is 26.0 Å². The summed E-state index contributed by atoms with van der Waals surface area (Å²) in [6, 6.07) is 11.4. The second-order valence-corrected chi connectivity index (χ2v) is 13.2. The monoisotopic (exact) mass is 571 g/mol. The molecule has 204 valence electrons. The third-order valence-corrected chi connectivity index (χ3v) is 9.64. The molecule has 0 atom stereocenters. The van der Waals surface area contributed by atoms with E-state index >= 15 is 0 Å². The number of hydrogen-bond donors (Lipinski definition) is 1. The summed E-state index contributed by atoms with van der Waals surface area (Å²) in [5.41, 5.74) is 1.16. The van der Waals surface area contributed by atoms with Crippen molar-refractivity contribution >= 4 is 43.2 Å². The van der Waals surface area contributed by atoms with Crippen molar-refractivity contribution in [3.8, 4) is 5.75 Å². The molecule has 9 nitrogen and oxygen atoms in total. The van der Waals surface area contributed by atoms with E-state index in [-0.39, 0.29) is 36.9 Å². The van der Waals surface area contributed by atoms with Gasteiger partial charge in [-0.3, -0.25) is 9.10 Å². The SMILES string of the molecule is Cc1c(Cl)cccc1N(CCCC(=O)NCCOc1ccc(S(=O)(=O)N2CCCCC2)cc1)S(C)(=O)=O. The van der Waals surface area contributed by atoms with Gasteiger partial charge in [0.05, 0.1) is 23.4 Å². The Bertz CT molecular complexity index is 1280. The third kappa shape index (κ3) is 8.07. The Labute approximate surface area is 224 Å². The highest BCUT2D eigenvalue weighted by molar-refractivity contribution is 7.92. The molecule has 0 unspecified atom stereocenters. The maximum absolute atomic E-state index is 12.7. The van der Waals surface area contributed by atoms with Crippen molar-refractivity contribution in [2.75, 3.05) is 43.3 Å². The van der Waals surface area contributed by atoms with Gasteiger partial charge in [-0.05, 0) is 68.1 Å². The van der Waals surface area contributed by atoms with E-state index in [1.54, 1.807) is 37.3 Å². The van der Waals surface area contributed by atoms with Gasteiger partial charge in [-0.1, -0.05) is 24.1 Å². The minimum Gasteiger partial charge on any atom is -0.492 e. The zero-order valence-corrected chi connectivity index (χ0v) is 23.5. The van der Waals surface area contributed by atoms with Crippen LogP contribution in [0.2, 0.25) is 5.02 Å². The van der Waals surface area contributed by atoms with E-state index in [2.05, 4.69) is 5.32 Å². The summed E-state index contributed by atoms with van der Waals surface area (Å²) in [5, 5.41) is 3.22. The summed E-state index contributed by atoms with van der Waals surface area (Å²) >= 11 is 6.14. The largest absolute Gasteiger partial charge is 0.492 e. The fourth-order valence-corrected chi connectivity index (χ4v) is 6.83. The van der Waals surface area contributed by atoms with Gasteiger partial charge >= 0.3 is 0 Å². The van der Waals surface area contributed by atoms with Crippen LogP contribution in [0.25, 0.3) is 0 Å². The molecule has 0 bridgehead atoms. The van der Waals surface area contributed by atoms with E-state index in [4.69, 9.17) is 16.3 Å². The Balaban J connectivity index is 1.42. The van der Waals surface area contributed by atoms with Crippen molar-refractivity contribution in [3.63, 3.8) is 0 Å². The number of piperidine rings is 1. The van der Waals surface area contributed by atoms with Crippen LogP contribution in [-0.4, -0.2) is 66.1 Å². The number of nitrogens with one attached hydrogen (secondary N) is 1. The number of rotatable bonds is 12. The molecule has 0 radical (unpaired) electrons. The summed E-state index contributed by atoms with van der Waals surface area (Å²) in [6.07, 6.45) is 4.41. The van der Waals surface area contributed by atoms with Crippen LogP contribution >= 0.6 is 11.6 Å². The lowest BCUT2D eigenvalue weighted by Crippen LogP contribution is -2.35. The zero-order valence-electron chi connectivity index (χ0n) is 21.2. The van der Waals surface area contributed by atoms with Crippen molar-refractivity contribution in [1.29, 1.82) is 0 Å². The number of anilines is 1. The topological polar surface area (TPSA) is 113 Å². The second-order valence-electron chi connectivity index (χ2n) is 8.96. The highest BCUT2D eigenvalue weighted by atomic mass is 35.5. The highest BCUT2D eigenvalue weighted by Gasteiger charge is 2.25. The van der Waals surface area contributed by atoms with Gasteiger partial charge in [-0.15, -0.1) is 0 Å². The molecule has 1 heterocycles. The molecule has 0 saturated carbocycles. The molecule has 0 aliphatic carbocycles. The first-order valence-electron chi connectivity index (χ1n) is 12.2. The average Bonchev–Trinajstić information content (AvgIpc) is 2.86. The molecular formula is C25H34ClN3O6S2. The van der Waals surface area contributed by atoms with Gasteiger partial charge in [-0.25, -0.2) is 16.8 Å². The van der Waals surface area contributed by atoms with Gasteiger partial charge in [0.25, 0.3) is 0 Å². The minimum atomic E-state index is -3.54. The Morgan fingerprint density at radius 1 is 1.05 bits per heavy atom. The third-order valence-electron chi connectivity index (χ3n) is 6.14. The quantitative estimate of drug-likeness (QED) is 0.390. The molecule has 1 amide bonds. The van der Waals surface area contributed by atoms with Crippen LogP contribution in [0.5, 0.6) is 5.75 Å². The lowest BCUT2D eigenvalue weighted by atomic mass is 10.2.